The number of ether oxygens (including phenoxy) is 6. The summed E-state index contributed by atoms with van der Waals surface area (Å²) in [6, 6.07) is 7.42. The molecule has 0 spiro atoms. The van der Waals surface area contributed by atoms with Crippen LogP contribution in [0, 0.1) is 11.8 Å². The fourth-order valence-corrected chi connectivity index (χ4v) is 5.45. The zero-order valence-corrected chi connectivity index (χ0v) is 26.9. The first-order valence-corrected chi connectivity index (χ1v) is 16.2. The molecule has 1 N–H and O–H groups in total. The smallest absolute Gasteiger partial charge is 0.203 e. The third kappa shape index (κ3) is 8.47. The normalized spacial score (nSPS) is 13.0. The van der Waals surface area contributed by atoms with Gasteiger partial charge < -0.3 is 38.0 Å². The molecule has 0 bridgehead atoms. The summed E-state index contributed by atoms with van der Waals surface area (Å²) in [4.78, 5) is 0. The molecule has 0 aliphatic rings. The second-order valence-corrected chi connectivity index (χ2v) is 15.8. The van der Waals surface area contributed by atoms with Gasteiger partial charge in [-0.2, -0.15) is 0 Å². The van der Waals surface area contributed by atoms with Crippen molar-refractivity contribution in [2.45, 2.75) is 70.4 Å². The van der Waals surface area contributed by atoms with E-state index in [-0.39, 0.29) is 11.1 Å². The van der Waals surface area contributed by atoms with Gasteiger partial charge in [0.05, 0.1) is 42.7 Å². The second-order valence-electron chi connectivity index (χ2n) is 11.0. The Morgan fingerprint density at radius 1 is 0.750 bits per heavy atom. The van der Waals surface area contributed by atoms with E-state index < -0.39 is 14.4 Å². The highest BCUT2D eigenvalue weighted by atomic mass is 28.4. The van der Waals surface area contributed by atoms with Gasteiger partial charge in [-0.05, 0) is 60.8 Å². The van der Waals surface area contributed by atoms with Gasteiger partial charge >= 0.3 is 0 Å². The van der Waals surface area contributed by atoms with Crippen LogP contribution in [0.2, 0.25) is 18.1 Å². The first kappa shape index (κ1) is 33.1. The molecule has 2 aromatic carbocycles. The Bertz CT molecular complexity index is 1130. The lowest BCUT2D eigenvalue weighted by Gasteiger charge is -2.39. The van der Waals surface area contributed by atoms with Crippen molar-refractivity contribution >= 4 is 8.32 Å². The highest BCUT2D eigenvalue weighted by molar-refractivity contribution is 6.74. The third-order valence-corrected chi connectivity index (χ3v) is 11.8. The third-order valence-electron chi connectivity index (χ3n) is 7.28. The molecule has 9 heteroatoms. The van der Waals surface area contributed by atoms with Gasteiger partial charge in [-0.3, -0.25) is 0 Å². The van der Waals surface area contributed by atoms with Gasteiger partial charge in [0.25, 0.3) is 0 Å². The first-order chi connectivity index (χ1) is 18.8. The number of methoxy groups -OCH3 is 6. The minimum Gasteiger partial charge on any atom is -0.493 e. The highest BCUT2D eigenvalue weighted by Crippen LogP contribution is 2.41. The Kier molecular flexibility index (Phi) is 12.0. The maximum atomic E-state index is 11.0. The Labute approximate surface area is 241 Å². The van der Waals surface area contributed by atoms with E-state index in [1.807, 2.05) is 12.1 Å². The molecule has 0 fully saturated rings. The minimum absolute atomic E-state index is 0.0185. The minimum atomic E-state index is -2.12. The number of aliphatic hydroxyl groups excluding tert-OH is 1. The van der Waals surface area contributed by atoms with Crippen molar-refractivity contribution in [3.8, 4) is 46.3 Å². The molecule has 0 saturated carbocycles. The van der Waals surface area contributed by atoms with E-state index in [1.54, 1.807) is 54.8 Å². The van der Waals surface area contributed by atoms with E-state index in [4.69, 9.17) is 32.8 Å². The van der Waals surface area contributed by atoms with Gasteiger partial charge in [-0.15, -0.1) is 0 Å². The molecule has 8 nitrogen and oxygen atoms in total. The van der Waals surface area contributed by atoms with Gasteiger partial charge in [0, 0.05) is 18.1 Å². The second kappa shape index (κ2) is 14.5. The predicted molar refractivity (Wildman–Crippen MR) is 160 cm³/mol. The SMILES string of the molecule is COc1cc(C#CC(O)C[C@H](CCc2cc(OC)c(OC)c(OC)c2)O[Si](C)(C)C(C)(C)C)cc(OC)c1OC. The van der Waals surface area contributed by atoms with Crippen LogP contribution in [0.4, 0.5) is 0 Å². The number of hydrogen-bond acceptors (Lipinski definition) is 8. The van der Waals surface area contributed by atoms with Gasteiger partial charge in [0.2, 0.25) is 11.5 Å². The van der Waals surface area contributed by atoms with Crippen LogP contribution in [0.3, 0.4) is 0 Å². The average Bonchev–Trinajstić information content (AvgIpc) is 2.92. The van der Waals surface area contributed by atoms with E-state index in [1.165, 1.54) is 0 Å². The molecule has 40 heavy (non-hydrogen) atoms. The molecule has 0 aromatic heterocycles. The largest absolute Gasteiger partial charge is 0.493 e. The van der Waals surface area contributed by atoms with E-state index in [0.717, 1.165) is 5.56 Å². The monoisotopic (exact) mass is 574 g/mol. The van der Waals surface area contributed by atoms with Crippen molar-refractivity contribution in [1.82, 2.24) is 0 Å². The lowest BCUT2D eigenvalue weighted by Crippen LogP contribution is -2.44. The van der Waals surface area contributed by atoms with Crippen molar-refractivity contribution < 1.29 is 38.0 Å². The van der Waals surface area contributed by atoms with Crippen LogP contribution in [-0.4, -0.2) is 68.3 Å². The van der Waals surface area contributed by atoms with Crippen LogP contribution < -0.4 is 28.4 Å². The molecule has 0 heterocycles. The van der Waals surface area contributed by atoms with Gasteiger partial charge in [-0.1, -0.05) is 32.6 Å². The maximum absolute atomic E-state index is 11.0. The predicted octanol–water partition coefficient (Wildman–Crippen LogP) is 5.86. The fraction of sp³-hybridized carbons (Fsp3) is 0.548. The van der Waals surface area contributed by atoms with Crippen molar-refractivity contribution in [2.75, 3.05) is 42.7 Å². The average molecular weight is 575 g/mol. The van der Waals surface area contributed by atoms with E-state index >= 15 is 0 Å². The Hall–Kier alpha value is -3.06. The molecule has 0 amide bonds. The van der Waals surface area contributed by atoms with Crippen molar-refractivity contribution in [3.05, 3.63) is 35.4 Å². The fourth-order valence-electron chi connectivity index (χ4n) is 4.05. The zero-order chi connectivity index (χ0) is 30.1. The number of aryl methyl sites for hydroxylation is 1. The molecule has 0 aliphatic heterocycles. The maximum Gasteiger partial charge on any atom is 0.203 e. The highest BCUT2D eigenvalue weighted by Gasteiger charge is 2.39. The molecular formula is C31H46O8Si. The first-order valence-electron chi connectivity index (χ1n) is 13.3. The summed E-state index contributed by atoms with van der Waals surface area (Å²) in [5.74, 6) is 9.30. The molecule has 2 atom stereocenters. The molecule has 222 valence electrons. The molecule has 2 rings (SSSR count). The van der Waals surface area contributed by atoms with Gasteiger partial charge in [-0.25, -0.2) is 0 Å². The summed E-state index contributed by atoms with van der Waals surface area (Å²) in [7, 11) is 7.34. The number of benzene rings is 2. The topological polar surface area (TPSA) is 84.8 Å². The number of aliphatic hydroxyl groups is 1. The van der Waals surface area contributed by atoms with Crippen molar-refractivity contribution in [3.63, 3.8) is 0 Å². The standard InChI is InChI=1S/C31H46O8Si/c1-31(2,3)40(10,11)39-24(15-13-22-18-27(35-6)30(38-9)28(19-22)36-7)20-23(32)14-12-21-16-25(33-4)29(37-8)26(17-21)34-5/h16-19,23-24,32H,13,15,20H2,1-11H3/t23?,24-/m0/s1. The Morgan fingerprint density at radius 2 is 1.20 bits per heavy atom. The van der Waals surface area contributed by atoms with Crippen molar-refractivity contribution in [1.29, 1.82) is 0 Å². The van der Waals surface area contributed by atoms with E-state index in [2.05, 4.69) is 45.7 Å². The van der Waals surface area contributed by atoms with Gasteiger partial charge in [0.1, 0.15) is 6.10 Å². The summed E-state index contributed by atoms with van der Waals surface area (Å²) in [5.41, 5.74) is 1.67. The molecule has 1 unspecified atom stereocenters. The summed E-state index contributed by atoms with van der Waals surface area (Å²) >= 11 is 0. The van der Waals surface area contributed by atoms with Crippen LogP contribution >= 0.6 is 0 Å². The van der Waals surface area contributed by atoms with Gasteiger partial charge in [0.15, 0.2) is 31.3 Å². The quantitative estimate of drug-likeness (QED) is 0.235. The number of hydrogen-bond donors (Lipinski definition) is 1. The lowest BCUT2D eigenvalue weighted by molar-refractivity contribution is 0.108. The molecule has 0 radical (unpaired) electrons. The summed E-state index contributed by atoms with van der Waals surface area (Å²) in [5, 5.41) is 11.0. The summed E-state index contributed by atoms with van der Waals surface area (Å²) < 4.78 is 39.5. The van der Waals surface area contributed by atoms with Crippen LogP contribution in [0.15, 0.2) is 24.3 Å². The molecule has 0 aliphatic carbocycles. The van der Waals surface area contributed by atoms with Crippen LogP contribution in [0.25, 0.3) is 0 Å². The molecule has 2 aromatic rings. The summed E-state index contributed by atoms with van der Waals surface area (Å²) in [6.07, 6.45) is 0.656. The molecule has 0 saturated heterocycles. The van der Waals surface area contributed by atoms with E-state index in [0.29, 0.717) is 59.3 Å². The Balaban J connectivity index is 2.31. The number of rotatable bonds is 13. The van der Waals surface area contributed by atoms with Crippen LogP contribution in [-0.2, 0) is 10.8 Å². The molecular weight excluding hydrogens is 528 g/mol. The van der Waals surface area contributed by atoms with Crippen LogP contribution in [0.1, 0.15) is 44.7 Å². The Morgan fingerprint density at radius 3 is 1.60 bits per heavy atom. The van der Waals surface area contributed by atoms with Crippen LogP contribution in [0.5, 0.6) is 34.5 Å². The van der Waals surface area contributed by atoms with E-state index in [9.17, 15) is 5.11 Å². The zero-order valence-electron chi connectivity index (χ0n) is 25.9. The summed E-state index contributed by atoms with van der Waals surface area (Å²) in [6.45, 7) is 11.0. The van der Waals surface area contributed by atoms with Crippen molar-refractivity contribution in [2.24, 2.45) is 0 Å². The lowest BCUT2D eigenvalue weighted by atomic mass is 10.0.